The van der Waals surface area contributed by atoms with Gasteiger partial charge in [0.2, 0.25) is 0 Å². The minimum Gasteiger partial charge on any atom is -0.279 e. The second-order valence-corrected chi connectivity index (χ2v) is 6.01. The molecule has 21 heavy (non-hydrogen) atoms. The second-order valence-electron chi connectivity index (χ2n) is 3.95. The van der Waals surface area contributed by atoms with E-state index in [9.17, 15) is 21.6 Å². The average molecular weight is 337 g/mol. The zero-order valence-corrected chi connectivity index (χ0v) is 11.8. The number of halogens is 4. The maximum absolute atomic E-state index is 12.8. The van der Waals surface area contributed by atoms with Crippen LogP contribution in [0.15, 0.2) is 47.6 Å². The first-order chi connectivity index (χ1) is 9.72. The number of anilines is 1. The molecule has 0 bridgehead atoms. The van der Waals surface area contributed by atoms with Gasteiger partial charge in [-0.05, 0) is 18.2 Å². The van der Waals surface area contributed by atoms with E-state index in [4.69, 9.17) is 11.6 Å². The second kappa shape index (κ2) is 5.53. The van der Waals surface area contributed by atoms with Crippen LogP contribution in [0.3, 0.4) is 0 Å². The van der Waals surface area contributed by atoms with E-state index >= 15 is 0 Å². The molecule has 1 aromatic carbocycles. The van der Waals surface area contributed by atoms with Crippen LogP contribution in [0.1, 0.15) is 5.56 Å². The molecule has 0 aliphatic rings. The monoisotopic (exact) mass is 336 g/mol. The summed E-state index contributed by atoms with van der Waals surface area (Å²) in [5, 5.41) is -0.137. The molecule has 112 valence electrons. The number of nitrogens with zero attached hydrogens (tertiary/aromatic N) is 1. The first-order valence-corrected chi connectivity index (χ1v) is 7.36. The molecule has 1 aromatic heterocycles. The molecule has 0 saturated heterocycles. The number of benzene rings is 1. The lowest BCUT2D eigenvalue weighted by molar-refractivity contribution is -0.136. The summed E-state index contributed by atoms with van der Waals surface area (Å²) in [6, 6.07) is 5.48. The lowest BCUT2D eigenvalue weighted by Gasteiger charge is -2.14. The van der Waals surface area contributed by atoms with Gasteiger partial charge in [0, 0.05) is 12.4 Å². The van der Waals surface area contributed by atoms with Crippen LogP contribution in [0, 0.1) is 0 Å². The van der Waals surface area contributed by atoms with Crippen LogP contribution in [0.4, 0.5) is 18.9 Å². The fourth-order valence-corrected chi connectivity index (χ4v) is 3.09. The molecule has 9 heteroatoms. The van der Waals surface area contributed by atoms with Crippen molar-refractivity contribution >= 4 is 27.3 Å². The van der Waals surface area contributed by atoms with E-state index in [0.29, 0.717) is 0 Å². The summed E-state index contributed by atoms with van der Waals surface area (Å²) in [5.74, 6) is 0. The van der Waals surface area contributed by atoms with Gasteiger partial charge in [-0.2, -0.15) is 13.2 Å². The Hall–Kier alpha value is -1.80. The van der Waals surface area contributed by atoms with Crippen molar-refractivity contribution in [3.05, 3.63) is 53.3 Å². The van der Waals surface area contributed by atoms with Gasteiger partial charge in [0.15, 0.2) is 0 Å². The molecule has 4 nitrogen and oxygen atoms in total. The molecule has 0 spiro atoms. The zero-order chi connectivity index (χ0) is 15.7. The number of rotatable bonds is 3. The summed E-state index contributed by atoms with van der Waals surface area (Å²) in [5.41, 5.74) is -1.67. The Bertz CT molecular complexity index is 763. The summed E-state index contributed by atoms with van der Waals surface area (Å²) < 4.78 is 64.6. The van der Waals surface area contributed by atoms with Gasteiger partial charge in [0.1, 0.15) is 4.90 Å². The van der Waals surface area contributed by atoms with E-state index in [1.165, 1.54) is 18.3 Å². The lowest BCUT2D eigenvalue weighted by Crippen LogP contribution is -2.17. The first kappa shape index (κ1) is 15.6. The van der Waals surface area contributed by atoms with Gasteiger partial charge in [-0.25, -0.2) is 8.42 Å². The van der Waals surface area contributed by atoms with Crippen molar-refractivity contribution < 1.29 is 21.6 Å². The SMILES string of the molecule is O=S(=O)(Nc1ccccc1C(F)(F)F)c1cnccc1Cl. The van der Waals surface area contributed by atoms with Gasteiger partial charge >= 0.3 is 6.18 Å². The van der Waals surface area contributed by atoms with Crippen molar-refractivity contribution in [3.63, 3.8) is 0 Å². The molecule has 0 aliphatic heterocycles. The predicted octanol–water partition coefficient (Wildman–Crippen LogP) is 3.55. The molecule has 1 N–H and O–H groups in total. The standard InChI is InChI=1S/C12H8ClF3N2O2S/c13-9-5-6-17-7-11(9)21(19,20)18-10-4-2-1-3-8(10)12(14,15)16/h1-7,18H. The Morgan fingerprint density at radius 1 is 1.14 bits per heavy atom. The molecule has 1 heterocycles. The number of aromatic nitrogens is 1. The van der Waals surface area contributed by atoms with Crippen LogP contribution in [0.25, 0.3) is 0 Å². The molecule has 0 aliphatic carbocycles. The van der Waals surface area contributed by atoms with Crippen LogP contribution in [0.5, 0.6) is 0 Å². The highest BCUT2D eigenvalue weighted by Crippen LogP contribution is 2.35. The molecular weight excluding hydrogens is 329 g/mol. The van der Waals surface area contributed by atoms with E-state index < -0.39 is 32.3 Å². The molecule has 0 radical (unpaired) electrons. The third kappa shape index (κ3) is 3.45. The Balaban J connectivity index is 2.46. The fraction of sp³-hybridized carbons (Fsp3) is 0.0833. The number of sulfonamides is 1. The van der Waals surface area contributed by atoms with E-state index in [1.807, 2.05) is 4.72 Å². The quantitative estimate of drug-likeness (QED) is 0.932. The summed E-state index contributed by atoms with van der Waals surface area (Å²) in [7, 11) is -4.27. The van der Waals surface area contributed by atoms with Crippen molar-refractivity contribution in [2.45, 2.75) is 11.1 Å². The zero-order valence-electron chi connectivity index (χ0n) is 10.2. The van der Waals surface area contributed by atoms with Crippen LogP contribution >= 0.6 is 11.6 Å². The number of nitrogens with one attached hydrogen (secondary N) is 1. The number of para-hydroxylation sites is 1. The Kier molecular flexibility index (Phi) is 4.11. The minimum atomic E-state index is -4.68. The normalized spacial score (nSPS) is 12.2. The molecule has 0 amide bonds. The summed E-state index contributed by atoms with van der Waals surface area (Å²) >= 11 is 5.72. The highest BCUT2D eigenvalue weighted by Gasteiger charge is 2.34. The topological polar surface area (TPSA) is 59.1 Å². The van der Waals surface area contributed by atoms with Crippen molar-refractivity contribution in [1.82, 2.24) is 4.98 Å². The molecule has 2 rings (SSSR count). The van der Waals surface area contributed by atoms with Crippen molar-refractivity contribution in [2.75, 3.05) is 4.72 Å². The van der Waals surface area contributed by atoms with Crippen molar-refractivity contribution in [2.24, 2.45) is 0 Å². The van der Waals surface area contributed by atoms with E-state index in [0.717, 1.165) is 24.4 Å². The smallest absolute Gasteiger partial charge is 0.279 e. The summed E-state index contributed by atoms with van der Waals surface area (Å²) in [4.78, 5) is 3.20. The van der Waals surface area contributed by atoms with Gasteiger partial charge in [-0.15, -0.1) is 0 Å². The molecule has 0 atom stereocenters. The van der Waals surface area contributed by atoms with E-state index in [-0.39, 0.29) is 5.02 Å². The maximum Gasteiger partial charge on any atom is 0.418 e. The minimum absolute atomic E-state index is 0.137. The Labute approximate surface area is 123 Å². The van der Waals surface area contributed by atoms with Gasteiger partial charge in [-0.1, -0.05) is 23.7 Å². The third-order valence-electron chi connectivity index (χ3n) is 2.50. The predicted molar refractivity (Wildman–Crippen MR) is 71.5 cm³/mol. The van der Waals surface area contributed by atoms with Gasteiger partial charge in [-0.3, -0.25) is 9.71 Å². The first-order valence-electron chi connectivity index (χ1n) is 5.50. The average Bonchev–Trinajstić information content (AvgIpc) is 2.38. The number of hydrogen-bond donors (Lipinski definition) is 1. The summed E-state index contributed by atoms with van der Waals surface area (Å²) in [6.45, 7) is 0. The fourth-order valence-electron chi connectivity index (χ4n) is 1.58. The summed E-state index contributed by atoms with van der Waals surface area (Å²) in [6.07, 6.45) is -2.45. The Morgan fingerprint density at radius 2 is 1.81 bits per heavy atom. The van der Waals surface area contributed by atoms with Crippen LogP contribution in [0.2, 0.25) is 5.02 Å². The van der Waals surface area contributed by atoms with E-state index in [1.54, 1.807) is 0 Å². The largest absolute Gasteiger partial charge is 0.418 e. The van der Waals surface area contributed by atoms with Crippen LogP contribution in [-0.4, -0.2) is 13.4 Å². The van der Waals surface area contributed by atoms with Crippen molar-refractivity contribution in [1.29, 1.82) is 0 Å². The van der Waals surface area contributed by atoms with Gasteiger partial charge in [0.25, 0.3) is 10.0 Å². The molecule has 0 unspecified atom stereocenters. The van der Waals surface area contributed by atoms with Crippen LogP contribution < -0.4 is 4.72 Å². The number of pyridine rings is 1. The van der Waals surface area contributed by atoms with Crippen LogP contribution in [-0.2, 0) is 16.2 Å². The number of alkyl halides is 3. The Morgan fingerprint density at radius 3 is 2.43 bits per heavy atom. The maximum atomic E-state index is 12.8. The highest BCUT2D eigenvalue weighted by molar-refractivity contribution is 7.92. The van der Waals surface area contributed by atoms with Gasteiger partial charge in [0.05, 0.1) is 16.3 Å². The molecule has 0 fully saturated rings. The third-order valence-corrected chi connectivity index (χ3v) is 4.34. The highest BCUT2D eigenvalue weighted by atomic mass is 35.5. The van der Waals surface area contributed by atoms with Gasteiger partial charge < -0.3 is 0 Å². The van der Waals surface area contributed by atoms with E-state index in [2.05, 4.69) is 4.98 Å². The molecule has 0 saturated carbocycles. The molecular formula is C12H8ClF3N2O2S. The lowest BCUT2D eigenvalue weighted by atomic mass is 10.2. The van der Waals surface area contributed by atoms with Crippen molar-refractivity contribution in [3.8, 4) is 0 Å². The molecule has 2 aromatic rings. The number of hydrogen-bond acceptors (Lipinski definition) is 3.